The van der Waals surface area contributed by atoms with Crippen molar-refractivity contribution in [3.05, 3.63) is 44.6 Å². The first kappa shape index (κ1) is 14.1. The first-order valence-electron chi connectivity index (χ1n) is 7.13. The van der Waals surface area contributed by atoms with Crippen LogP contribution in [0.4, 0.5) is 0 Å². The van der Waals surface area contributed by atoms with E-state index in [0.29, 0.717) is 12.7 Å². The number of rotatable bonds is 2. The highest BCUT2D eigenvalue weighted by atomic mass is 79.9. The maximum Gasteiger partial charge on any atom is 0.263 e. The van der Waals surface area contributed by atoms with Crippen molar-refractivity contribution in [2.24, 2.45) is 0 Å². The molecule has 1 unspecified atom stereocenters. The molecule has 6 heteroatoms. The molecule has 1 saturated heterocycles. The number of thiophene rings is 1. The predicted molar refractivity (Wildman–Crippen MR) is 87.8 cm³/mol. The van der Waals surface area contributed by atoms with Gasteiger partial charge in [0.2, 0.25) is 6.79 Å². The van der Waals surface area contributed by atoms with Gasteiger partial charge in [0.1, 0.15) is 0 Å². The van der Waals surface area contributed by atoms with Crippen LogP contribution in [0.25, 0.3) is 0 Å². The predicted octanol–water partition coefficient (Wildman–Crippen LogP) is 3.87. The third-order valence-corrected chi connectivity index (χ3v) is 5.80. The second-order valence-corrected chi connectivity index (χ2v) is 7.31. The van der Waals surface area contributed by atoms with Gasteiger partial charge in [-0.05, 0) is 46.1 Å². The summed E-state index contributed by atoms with van der Waals surface area (Å²) in [5, 5.41) is 1.94. The summed E-state index contributed by atoms with van der Waals surface area (Å²) in [5.74, 6) is 2.10. The molecule has 4 rings (SSSR count). The zero-order chi connectivity index (χ0) is 15.1. The van der Waals surface area contributed by atoms with Crippen LogP contribution < -0.4 is 9.47 Å². The van der Waals surface area contributed by atoms with Crippen LogP contribution in [-0.4, -0.2) is 30.7 Å². The molecule has 2 aromatic rings. The summed E-state index contributed by atoms with van der Waals surface area (Å²) >= 11 is 4.88. The second kappa shape index (κ2) is 5.59. The quantitative estimate of drug-likeness (QED) is 0.794. The average Bonchev–Trinajstić information content (AvgIpc) is 3.25. The van der Waals surface area contributed by atoms with E-state index < -0.39 is 0 Å². The summed E-state index contributed by atoms with van der Waals surface area (Å²) in [6.45, 7) is 1.85. The standard InChI is InChI=1S/C16H14BrNO3S/c17-12-6-15(22-8-12)16(19)18-4-3-11(7-18)10-1-2-13-14(5-10)21-9-20-13/h1-2,5-6,8,11H,3-4,7,9H2. The molecule has 2 aliphatic heterocycles. The summed E-state index contributed by atoms with van der Waals surface area (Å²) in [5.41, 5.74) is 1.21. The van der Waals surface area contributed by atoms with Gasteiger partial charge in [0.05, 0.1) is 4.88 Å². The topological polar surface area (TPSA) is 38.8 Å². The number of carbonyl (C=O) groups is 1. The van der Waals surface area contributed by atoms with Gasteiger partial charge in [0.15, 0.2) is 11.5 Å². The number of likely N-dealkylation sites (tertiary alicyclic amines) is 1. The van der Waals surface area contributed by atoms with Crippen LogP contribution in [0.15, 0.2) is 34.1 Å². The van der Waals surface area contributed by atoms with Gasteiger partial charge in [-0.25, -0.2) is 0 Å². The van der Waals surface area contributed by atoms with Crippen molar-refractivity contribution in [3.63, 3.8) is 0 Å². The minimum Gasteiger partial charge on any atom is -0.454 e. The highest BCUT2D eigenvalue weighted by Gasteiger charge is 2.29. The van der Waals surface area contributed by atoms with Gasteiger partial charge in [0.25, 0.3) is 5.91 Å². The number of hydrogen-bond acceptors (Lipinski definition) is 4. The molecule has 2 aliphatic rings. The molecule has 0 bridgehead atoms. The van der Waals surface area contributed by atoms with Crippen LogP contribution in [0.2, 0.25) is 0 Å². The Balaban J connectivity index is 1.49. The van der Waals surface area contributed by atoms with Crippen LogP contribution in [0.5, 0.6) is 11.5 Å². The second-order valence-electron chi connectivity index (χ2n) is 5.48. The number of hydrogen-bond donors (Lipinski definition) is 0. The van der Waals surface area contributed by atoms with E-state index in [9.17, 15) is 4.79 Å². The Morgan fingerprint density at radius 2 is 2.14 bits per heavy atom. The van der Waals surface area contributed by atoms with Crippen LogP contribution in [0, 0.1) is 0 Å². The molecule has 1 atom stereocenters. The van der Waals surface area contributed by atoms with Gasteiger partial charge in [-0.15, -0.1) is 11.3 Å². The van der Waals surface area contributed by atoms with Crippen molar-refractivity contribution in [2.45, 2.75) is 12.3 Å². The number of halogens is 1. The molecule has 1 aromatic heterocycles. The van der Waals surface area contributed by atoms with E-state index in [0.717, 1.165) is 40.4 Å². The lowest BCUT2D eigenvalue weighted by atomic mass is 9.98. The number of amides is 1. The molecule has 0 N–H and O–H groups in total. The fraction of sp³-hybridized carbons (Fsp3) is 0.312. The molecule has 1 fully saturated rings. The van der Waals surface area contributed by atoms with Crippen molar-refractivity contribution in [1.29, 1.82) is 0 Å². The molecule has 0 spiro atoms. The minimum atomic E-state index is 0.124. The molecule has 0 saturated carbocycles. The number of fused-ring (bicyclic) bond motifs is 1. The fourth-order valence-corrected chi connectivity index (χ4v) is 4.36. The molecule has 22 heavy (non-hydrogen) atoms. The van der Waals surface area contributed by atoms with Crippen molar-refractivity contribution >= 4 is 33.2 Å². The van der Waals surface area contributed by atoms with Crippen molar-refractivity contribution < 1.29 is 14.3 Å². The monoisotopic (exact) mass is 379 g/mol. The smallest absolute Gasteiger partial charge is 0.263 e. The molecule has 4 nitrogen and oxygen atoms in total. The van der Waals surface area contributed by atoms with E-state index in [1.807, 2.05) is 28.5 Å². The Hall–Kier alpha value is -1.53. The lowest BCUT2D eigenvalue weighted by molar-refractivity contribution is 0.0795. The zero-order valence-corrected chi connectivity index (χ0v) is 14.2. The summed E-state index contributed by atoms with van der Waals surface area (Å²) in [7, 11) is 0. The summed E-state index contributed by atoms with van der Waals surface area (Å²) in [6.07, 6.45) is 0.984. The third-order valence-electron chi connectivity index (χ3n) is 4.12. The Bertz CT molecular complexity index is 730. The van der Waals surface area contributed by atoms with E-state index in [-0.39, 0.29) is 5.91 Å². The SMILES string of the molecule is O=C(c1cc(Br)cs1)N1CCC(c2ccc3c(c2)OCO3)C1. The van der Waals surface area contributed by atoms with E-state index in [1.54, 1.807) is 0 Å². The van der Waals surface area contributed by atoms with Crippen molar-refractivity contribution in [1.82, 2.24) is 4.90 Å². The Morgan fingerprint density at radius 1 is 1.27 bits per heavy atom. The van der Waals surface area contributed by atoms with Crippen LogP contribution >= 0.6 is 27.3 Å². The molecule has 1 aromatic carbocycles. The van der Waals surface area contributed by atoms with Crippen molar-refractivity contribution in [3.8, 4) is 11.5 Å². The lowest BCUT2D eigenvalue weighted by Gasteiger charge is -2.16. The minimum absolute atomic E-state index is 0.124. The number of benzene rings is 1. The van der Waals surface area contributed by atoms with Gasteiger partial charge in [-0.2, -0.15) is 0 Å². The van der Waals surface area contributed by atoms with Gasteiger partial charge in [-0.3, -0.25) is 4.79 Å². The average molecular weight is 380 g/mol. The molecule has 0 radical (unpaired) electrons. The summed E-state index contributed by atoms with van der Waals surface area (Å²) in [6, 6.07) is 7.97. The number of carbonyl (C=O) groups excluding carboxylic acids is 1. The highest BCUT2D eigenvalue weighted by Crippen LogP contribution is 2.37. The van der Waals surface area contributed by atoms with Crippen molar-refractivity contribution in [2.75, 3.05) is 19.9 Å². The molecule has 3 heterocycles. The van der Waals surface area contributed by atoms with Gasteiger partial charge >= 0.3 is 0 Å². The van der Waals surface area contributed by atoms with E-state index in [4.69, 9.17) is 9.47 Å². The van der Waals surface area contributed by atoms with Gasteiger partial charge < -0.3 is 14.4 Å². The fourth-order valence-electron chi connectivity index (χ4n) is 2.96. The molecular weight excluding hydrogens is 366 g/mol. The lowest BCUT2D eigenvalue weighted by Crippen LogP contribution is -2.27. The van der Waals surface area contributed by atoms with E-state index in [2.05, 4.69) is 22.0 Å². The van der Waals surface area contributed by atoms with Gasteiger partial charge in [0, 0.05) is 28.9 Å². The Labute approximate surface area is 140 Å². The van der Waals surface area contributed by atoms with Gasteiger partial charge in [-0.1, -0.05) is 6.07 Å². The normalized spacial score (nSPS) is 19.7. The first-order chi connectivity index (χ1) is 10.7. The number of ether oxygens (including phenoxy) is 2. The molecular formula is C16H14BrNO3S. The van der Waals surface area contributed by atoms with E-state index in [1.165, 1.54) is 16.9 Å². The maximum atomic E-state index is 12.5. The Morgan fingerprint density at radius 3 is 2.95 bits per heavy atom. The highest BCUT2D eigenvalue weighted by molar-refractivity contribution is 9.10. The largest absolute Gasteiger partial charge is 0.454 e. The third kappa shape index (κ3) is 2.50. The zero-order valence-electron chi connectivity index (χ0n) is 11.8. The molecule has 1 amide bonds. The number of nitrogens with zero attached hydrogens (tertiary/aromatic N) is 1. The van der Waals surface area contributed by atoms with Crippen LogP contribution in [0.1, 0.15) is 27.6 Å². The first-order valence-corrected chi connectivity index (χ1v) is 8.81. The Kier molecular flexibility index (Phi) is 3.58. The summed E-state index contributed by atoms with van der Waals surface area (Å²) in [4.78, 5) is 15.2. The van der Waals surface area contributed by atoms with Crippen LogP contribution in [0.3, 0.4) is 0 Å². The molecule has 0 aliphatic carbocycles. The van der Waals surface area contributed by atoms with E-state index >= 15 is 0 Å². The summed E-state index contributed by atoms with van der Waals surface area (Å²) < 4.78 is 11.7. The van der Waals surface area contributed by atoms with Crippen LogP contribution in [-0.2, 0) is 0 Å². The maximum absolute atomic E-state index is 12.5. The molecule has 114 valence electrons.